The molecule has 2 aromatic heterocycles. The van der Waals surface area contributed by atoms with Crippen LogP contribution in [0.4, 0.5) is 9.52 Å². The number of hydrogen-bond acceptors (Lipinski definition) is 5. The molecule has 3 aromatic rings. The number of aromatic nitrogens is 4. The molecule has 0 aliphatic carbocycles. The molecule has 1 N–H and O–H groups in total. The molecule has 0 aliphatic rings. The molecule has 130 valence electrons. The minimum absolute atomic E-state index is 0.303. The Bertz CT molecular complexity index is 889. The quantitative estimate of drug-likeness (QED) is 0.727. The highest BCUT2D eigenvalue weighted by molar-refractivity contribution is 7.15. The Hall–Kier alpha value is -2.61. The molecule has 0 saturated heterocycles. The maximum absolute atomic E-state index is 13.9. The van der Waals surface area contributed by atoms with Crippen LogP contribution in [0.5, 0.6) is 0 Å². The first-order valence-electron chi connectivity index (χ1n) is 8.03. The van der Waals surface area contributed by atoms with E-state index < -0.39 is 5.82 Å². The van der Waals surface area contributed by atoms with E-state index in [4.69, 9.17) is 0 Å². The molecule has 0 spiro atoms. The largest absolute Gasteiger partial charge is 0.296 e. The van der Waals surface area contributed by atoms with Gasteiger partial charge in [-0.15, -0.1) is 10.2 Å². The summed E-state index contributed by atoms with van der Waals surface area (Å²) in [4.78, 5) is 12.5. The van der Waals surface area contributed by atoms with Gasteiger partial charge in [-0.05, 0) is 25.5 Å². The fourth-order valence-corrected chi connectivity index (χ4v) is 3.17. The van der Waals surface area contributed by atoms with Crippen molar-refractivity contribution < 1.29 is 9.18 Å². The Morgan fingerprint density at radius 1 is 1.32 bits per heavy atom. The van der Waals surface area contributed by atoms with Crippen molar-refractivity contribution in [1.29, 1.82) is 0 Å². The number of nitrogens with one attached hydrogen (secondary N) is 1. The molecule has 2 heterocycles. The second kappa shape index (κ2) is 7.52. The van der Waals surface area contributed by atoms with E-state index in [2.05, 4.69) is 27.5 Å². The molecule has 0 saturated carbocycles. The topological polar surface area (TPSA) is 72.7 Å². The first-order chi connectivity index (χ1) is 12.1. The van der Waals surface area contributed by atoms with Crippen molar-refractivity contribution in [1.82, 2.24) is 20.0 Å². The molecular formula is C17H18FN5OS. The number of aryl methyl sites for hydroxylation is 1. The van der Waals surface area contributed by atoms with Crippen LogP contribution in [0.1, 0.15) is 40.8 Å². The highest BCUT2D eigenvalue weighted by Crippen LogP contribution is 2.20. The summed E-state index contributed by atoms with van der Waals surface area (Å²) in [5, 5.41) is 16.3. The van der Waals surface area contributed by atoms with Crippen LogP contribution >= 0.6 is 11.3 Å². The third-order valence-electron chi connectivity index (χ3n) is 3.77. The van der Waals surface area contributed by atoms with Crippen molar-refractivity contribution in [3.63, 3.8) is 0 Å². The van der Waals surface area contributed by atoms with Crippen LogP contribution in [0.2, 0.25) is 0 Å². The molecule has 1 amide bonds. The van der Waals surface area contributed by atoms with Crippen molar-refractivity contribution in [2.24, 2.45) is 0 Å². The lowest BCUT2D eigenvalue weighted by Gasteiger charge is -2.06. The second-order valence-electron chi connectivity index (χ2n) is 5.57. The lowest BCUT2D eigenvalue weighted by molar-refractivity contribution is 0.102. The van der Waals surface area contributed by atoms with Crippen molar-refractivity contribution in [2.75, 3.05) is 5.32 Å². The third-order valence-corrected chi connectivity index (χ3v) is 4.67. The van der Waals surface area contributed by atoms with E-state index in [-0.39, 0.29) is 5.91 Å². The molecule has 1 aromatic carbocycles. The number of benzene rings is 1. The zero-order chi connectivity index (χ0) is 17.8. The molecular weight excluding hydrogens is 341 g/mol. The van der Waals surface area contributed by atoms with Crippen LogP contribution < -0.4 is 5.32 Å². The maximum Gasteiger partial charge on any atom is 0.260 e. The Labute approximate surface area is 148 Å². The summed E-state index contributed by atoms with van der Waals surface area (Å²) in [7, 11) is 0. The highest BCUT2D eigenvalue weighted by atomic mass is 32.1. The lowest BCUT2D eigenvalue weighted by Crippen LogP contribution is -2.13. The van der Waals surface area contributed by atoms with Gasteiger partial charge in [-0.2, -0.15) is 5.10 Å². The maximum atomic E-state index is 13.9. The summed E-state index contributed by atoms with van der Waals surface area (Å²) in [6.07, 6.45) is 4.40. The van der Waals surface area contributed by atoms with E-state index in [9.17, 15) is 9.18 Å². The first-order valence-corrected chi connectivity index (χ1v) is 8.85. The third kappa shape index (κ3) is 3.74. The lowest BCUT2D eigenvalue weighted by atomic mass is 10.2. The summed E-state index contributed by atoms with van der Waals surface area (Å²) >= 11 is 1.37. The Kier molecular flexibility index (Phi) is 5.18. The number of rotatable bonds is 6. The van der Waals surface area contributed by atoms with Crippen LogP contribution in [-0.2, 0) is 6.42 Å². The minimum Gasteiger partial charge on any atom is -0.296 e. The summed E-state index contributed by atoms with van der Waals surface area (Å²) in [6, 6.07) is 6.30. The number of unbranched alkanes of at least 4 members (excludes halogenated alkanes) is 1. The van der Waals surface area contributed by atoms with Crippen LogP contribution in [-0.4, -0.2) is 25.9 Å². The van der Waals surface area contributed by atoms with Gasteiger partial charge in [-0.3, -0.25) is 10.1 Å². The zero-order valence-electron chi connectivity index (χ0n) is 14.0. The van der Waals surface area contributed by atoms with Crippen molar-refractivity contribution in [3.05, 3.63) is 52.5 Å². The predicted molar refractivity (Wildman–Crippen MR) is 94.7 cm³/mol. The van der Waals surface area contributed by atoms with E-state index >= 15 is 0 Å². The van der Waals surface area contributed by atoms with Gasteiger partial charge in [0.2, 0.25) is 5.13 Å². The summed E-state index contributed by atoms with van der Waals surface area (Å²) in [6.45, 7) is 3.83. The van der Waals surface area contributed by atoms with Gasteiger partial charge < -0.3 is 0 Å². The van der Waals surface area contributed by atoms with Gasteiger partial charge in [0.15, 0.2) is 0 Å². The highest BCUT2D eigenvalue weighted by Gasteiger charge is 2.18. The van der Waals surface area contributed by atoms with E-state index in [1.54, 1.807) is 25.1 Å². The zero-order valence-corrected chi connectivity index (χ0v) is 14.8. The van der Waals surface area contributed by atoms with Crippen molar-refractivity contribution >= 4 is 22.4 Å². The summed E-state index contributed by atoms with van der Waals surface area (Å²) in [5.41, 5.74) is 1.23. The average Bonchev–Trinajstić information content (AvgIpc) is 3.20. The Morgan fingerprint density at radius 3 is 2.88 bits per heavy atom. The van der Waals surface area contributed by atoms with Crippen LogP contribution in [0, 0.1) is 12.7 Å². The number of carbonyl (C=O) groups is 1. The minimum atomic E-state index is -0.398. The van der Waals surface area contributed by atoms with Gasteiger partial charge in [0, 0.05) is 6.42 Å². The van der Waals surface area contributed by atoms with E-state index in [1.165, 1.54) is 28.3 Å². The van der Waals surface area contributed by atoms with Crippen molar-refractivity contribution in [2.45, 2.75) is 33.1 Å². The molecule has 0 aliphatic heterocycles. The van der Waals surface area contributed by atoms with Gasteiger partial charge >= 0.3 is 0 Å². The van der Waals surface area contributed by atoms with Gasteiger partial charge in [-0.25, -0.2) is 9.07 Å². The summed E-state index contributed by atoms with van der Waals surface area (Å²) in [5.74, 6) is -0.733. The van der Waals surface area contributed by atoms with Gasteiger partial charge in [0.05, 0.1) is 17.5 Å². The van der Waals surface area contributed by atoms with Crippen LogP contribution in [0.25, 0.3) is 5.69 Å². The SMILES string of the molecule is CCCCc1nnc(NC(=O)c2cnn(-c3ccccc3F)c2C)s1. The number of carbonyl (C=O) groups excluding carboxylic acids is 1. The van der Waals surface area contributed by atoms with Crippen LogP contribution in [0.15, 0.2) is 30.5 Å². The molecule has 6 nitrogen and oxygen atoms in total. The Balaban J connectivity index is 1.77. The van der Waals surface area contributed by atoms with Gasteiger partial charge in [-0.1, -0.05) is 36.8 Å². The number of amides is 1. The monoisotopic (exact) mass is 359 g/mol. The summed E-state index contributed by atoms with van der Waals surface area (Å²) < 4.78 is 15.4. The second-order valence-corrected chi connectivity index (χ2v) is 6.63. The van der Waals surface area contributed by atoms with E-state index in [1.807, 2.05) is 0 Å². The molecule has 3 rings (SSSR count). The number of hydrogen-bond donors (Lipinski definition) is 1. The van der Waals surface area contributed by atoms with Gasteiger partial charge in [0.1, 0.15) is 16.5 Å². The molecule has 25 heavy (non-hydrogen) atoms. The van der Waals surface area contributed by atoms with Crippen molar-refractivity contribution in [3.8, 4) is 5.69 Å². The molecule has 0 bridgehead atoms. The fraction of sp³-hybridized carbons (Fsp3) is 0.294. The Morgan fingerprint density at radius 2 is 2.12 bits per heavy atom. The predicted octanol–water partition coefficient (Wildman–Crippen LogP) is 3.77. The van der Waals surface area contributed by atoms with Crippen LogP contribution in [0.3, 0.4) is 0 Å². The number of halogens is 1. The molecule has 0 atom stereocenters. The number of nitrogens with zero attached hydrogens (tertiary/aromatic N) is 4. The van der Waals surface area contributed by atoms with E-state index in [0.29, 0.717) is 22.1 Å². The molecule has 0 fully saturated rings. The number of para-hydroxylation sites is 1. The smallest absolute Gasteiger partial charge is 0.260 e. The molecule has 8 heteroatoms. The average molecular weight is 359 g/mol. The first kappa shape index (κ1) is 17.2. The normalized spacial score (nSPS) is 10.8. The number of anilines is 1. The molecule has 0 radical (unpaired) electrons. The standard InChI is InChI=1S/C17H18FN5OS/c1-3-4-9-15-21-22-17(25-15)20-16(24)12-10-19-23(11(12)2)14-8-6-5-7-13(14)18/h5-8,10H,3-4,9H2,1-2H3,(H,20,22,24). The molecule has 0 unspecified atom stereocenters. The van der Waals surface area contributed by atoms with E-state index in [0.717, 1.165) is 24.3 Å². The fourth-order valence-electron chi connectivity index (χ4n) is 2.40. The van der Waals surface area contributed by atoms with Gasteiger partial charge in [0.25, 0.3) is 5.91 Å².